The number of hydrogen-bond donors (Lipinski definition) is 1. The summed E-state index contributed by atoms with van der Waals surface area (Å²) in [6, 6.07) is 35.4. The van der Waals surface area contributed by atoms with Gasteiger partial charge in [-0.25, -0.2) is 4.79 Å². The Balaban J connectivity index is 1.29. The summed E-state index contributed by atoms with van der Waals surface area (Å²) in [6.07, 6.45) is 3.63. The molecule has 0 unspecified atom stereocenters. The van der Waals surface area contributed by atoms with Crippen molar-refractivity contribution in [2.75, 3.05) is 0 Å². The van der Waals surface area contributed by atoms with Gasteiger partial charge >= 0.3 is 5.97 Å². The predicted molar refractivity (Wildman–Crippen MR) is 181 cm³/mol. The van der Waals surface area contributed by atoms with E-state index in [0.717, 1.165) is 27.8 Å². The second-order valence-electron chi connectivity index (χ2n) is 10.1. The molecule has 0 bridgehead atoms. The highest BCUT2D eigenvalue weighted by atomic mass is 35.5. The highest BCUT2D eigenvalue weighted by Crippen LogP contribution is 2.40. The number of halogens is 3. The Morgan fingerprint density at radius 3 is 2.13 bits per heavy atom. The van der Waals surface area contributed by atoms with Gasteiger partial charge in [-0.05, 0) is 64.7 Å². The number of benzene rings is 5. The fourth-order valence-corrected chi connectivity index (χ4v) is 5.69. The van der Waals surface area contributed by atoms with E-state index in [2.05, 4.69) is 17.3 Å². The first-order valence-corrected chi connectivity index (χ1v) is 15.0. The summed E-state index contributed by atoms with van der Waals surface area (Å²) in [6.45, 7) is 0.101. The SMILES string of the molecule is O=C(O)c1cccc(/C=C/c2ccc(OCc3c(-c4c(Cl)cccc4Cl)noc3-c3ccc(-c4ccccc4)cc3)cc2Cl)c1. The van der Waals surface area contributed by atoms with Crippen LogP contribution < -0.4 is 4.74 Å². The van der Waals surface area contributed by atoms with Gasteiger partial charge in [0.05, 0.1) is 26.2 Å². The highest BCUT2D eigenvalue weighted by Gasteiger charge is 2.23. The molecule has 0 aliphatic carbocycles. The molecule has 1 N–H and O–H groups in total. The van der Waals surface area contributed by atoms with Crippen molar-refractivity contribution in [3.63, 3.8) is 0 Å². The molecule has 1 heterocycles. The van der Waals surface area contributed by atoms with Crippen molar-refractivity contribution in [2.45, 2.75) is 6.61 Å². The Morgan fingerprint density at radius 1 is 0.733 bits per heavy atom. The van der Waals surface area contributed by atoms with E-state index in [9.17, 15) is 9.90 Å². The van der Waals surface area contributed by atoms with Crippen molar-refractivity contribution in [3.05, 3.63) is 153 Å². The number of nitrogens with zero attached hydrogens (tertiary/aromatic N) is 1. The zero-order valence-corrected chi connectivity index (χ0v) is 25.9. The van der Waals surface area contributed by atoms with Gasteiger partial charge in [-0.1, -0.05) is 125 Å². The van der Waals surface area contributed by atoms with Crippen LogP contribution in [0.3, 0.4) is 0 Å². The van der Waals surface area contributed by atoms with Crippen LogP contribution in [0.15, 0.2) is 120 Å². The van der Waals surface area contributed by atoms with Crippen LogP contribution in [0.1, 0.15) is 27.0 Å². The van der Waals surface area contributed by atoms with E-state index in [4.69, 9.17) is 44.1 Å². The van der Waals surface area contributed by atoms with E-state index >= 15 is 0 Å². The largest absolute Gasteiger partial charge is 0.489 e. The van der Waals surface area contributed by atoms with E-state index < -0.39 is 5.97 Å². The molecule has 0 saturated heterocycles. The van der Waals surface area contributed by atoms with Crippen LogP contribution in [0.5, 0.6) is 5.75 Å². The molecule has 0 radical (unpaired) electrons. The summed E-state index contributed by atoms with van der Waals surface area (Å²) < 4.78 is 12.1. The lowest BCUT2D eigenvalue weighted by atomic mass is 10.00. The average Bonchev–Trinajstić information content (AvgIpc) is 3.47. The number of carbonyl (C=O) groups is 1. The van der Waals surface area contributed by atoms with Crippen molar-refractivity contribution in [3.8, 4) is 39.5 Å². The Hall–Kier alpha value is -4.81. The molecule has 6 rings (SSSR count). The van der Waals surface area contributed by atoms with Gasteiger partial charge in [-0.2, -0.15) is 0 Å². The summed E-state index contributed by atoms with van der Waals surface area (Å²) in [4.78, 5) is 11.3. The first kappa shape index (κ1) is 30.2. The van der Waals surface area contributed by atoms with Crippen molar-refractivity contribution in [1.82, 2.24) is 5.16 Å². The maximum Gasteiger partial charge on any atom is 0.335 e. The Morgan fingerprint density at radius 2 is 1.42 bits per heavy atom. The monoisotopic (exact) mass is 651 g/mol. The predicted octanol–water partition coefficient (Wildman–Crippen LogP) is 11.1. The van der Waals surface area contributed by atoms with Crippen molar-refractivity contribution in [2.24, 2.45) is 0 Å². The molecule has 222 valence electrons. The summed E-state index contributed by atoms with van der Waals surface area (Å²) in [7, 11) is 0. The zero-order chi connectivity index (χ0) is 31.3. The van der Waals surface area contributed by atoms with Crippen LogP contribution in [-0.2, 0) is 6.61 Å². The van der Waals surface area contributed by atoms with E-state index in [0.29, 0.717) is 43.4 Å². The minimum absolute atomic E-state index is 0.101. The molecule has 0 amide bonds. The van der Waals surface area contributed by atoms with Gasteiger partial charge < -0.3 is 14.4 Å². The Bertz CT molecular complexity index is 2000. The lowest BCUT2D eigenvalue weighted by Crippen LogP contribution is -1.99. The molecule has 0 atom stereocenters. The molecule has 6 aromatic rings. The first-order chi connectivity index (χ1) is 21.9. The van der Waals surface area contributed by atoms with Crippen LogP contribution in [0, 0.1) is 0 Å². The molecule has 0 saturated carbocycles. The number of carboxylic acids is 1. The van der Waals surface area contributed by atoms with Crippen LogP contribution >= 0.6 is 34.8 Å². The maximum absolute atomic E-state index is 11.3. The highest BCUT2D eigenvalue weighted by molar-refractivity contribution is 6.39. The molecule has 0 aliphatic rings. The second kappa shape index (κ2) is 13.4. The Kier molecular flexibility index (Phi) is 9.03. The van der Waals surface area contributed by atoms with E-state index in [-0.39, 0.29) is 12.2 Å². The summed E-state index contributed by atoms with van der Waals surface area (Å²) in [5.41, 5.74) is 6.43. The van der Waals surface area contributed by atoms with Gasteiger partial charge in [0.15, 0.2) is 5.76 Å². The van der Waals surface area contributed by atoms with E-state index in [1.165, 1.54) is 0 Å². The van der Waals surface area contributed by atoms with Crippen LogP contribution in [-0.4, -0.2) is 16.2 Å². The molecule has 45 heavy (non-hydrogen) atoms. The topological polar surface area (TPSA) is 72.6 Å². The van der Waals surface area contributed by atoms with Gasteiger partial charge in [-0.15, -0.1) is 0 Å². The number of rotatable bonds is 9. The number of hydrogen-bond acceptors (Lipinski definition) is 4. The Labute approximate surface area is 274 Å². The molecular formula is C37H24Cl3NO4. The number of ether oxygens (including phenoxy) is 1. The fraction of sp³-hybridized carbons (Fsp3) is 0.0270. The summed E-state index contributed by atoms with van der Waals surface area (Å²) in [5, 5.41) is 15.0. The molecule has 5 aromatic carbocycles. The first-order valence-electron chi connectivity index (χ1n) is 13.9. The third kappa shape index (κ3) is 6.81. The summed E-state index contributed by atoms with van der Waals surface area (Å²) in [5.74, 6) is 0.0903. The van der Waals surface area contributed by atoms with E-state index in [1.54, 1.807) is 48.5 Å². The number of aromatic nitrogens is 1. The van der Waals surface area contributed by atoms with Gasteiger partial charge in [0.2, 0.25) is 0 Å². The smallest absolute Gasteiger partial charge is 0.335 e. The number of carboxylic acid groups (broad SMARTS) is 1. The van der Waals surface area contributed by atoms with Crippen molar-refractivity contribution in [1.29, 1.82) is 0 Å². The normalized spacial score (nSPS) is 11.2. The third-order valence-electron chi connectivity index (χ3n) is 7.19. The molecular weight excluding hydrogens is 629 g/mol. The third-order valence-corrected chi connectivity index (χ3v) is 8.14. The van der Waals surface area contributed by atoms with Crippen LogP contribution in [0.2, 0.25) is 15.1 Å². The van der Waals surface area contributed by atoms with Crippen LogP contribution in [0.4, 0.5) is 0 Å². The maximum atomic E-state index is 11.3. The van der Waals surface area contributed by atoms with Crippen LogP contribution in [0.25, 0.3) is 45.9 Å². The molecule has 8 heteroatoms. The van der Waals surface area contributed by atoms with E-state index in [1.807, 2.05) is 66.7 Å². The lowest BCUT2D eigenvalue weighted by molar-refractivity contribution is 0.0697. The average molecular weight is 653 g/mol. The fourth-order valence-electron chi connectivity index (χ4n) is 4.88. The van der Waals surface area contributed by atoms with Gasteiger partial charge in [0, 0.05) is 11.1 Å². The number of aromatic carboxylic acids is 1. The minimum atomic E-state index is -0.982. The molecule has 0 spiro atoms. The lowest BCUT2D eigenvalue weighted by Gasteiger charge is -2.11. The minimum Gasteiger partial charge on any atom is -0.489 e. The molecule has 0 fully saturated rings. The summed E-state index contributed by atoms with van der Waals surface area (Å²) >= 11 is 19.8. The van der Waals surface area contributed by atoms with Gasteiger partial charge in [0.25, 0.3) is 0 Å². The van der Waals surface area contributed by atoms with Crippen molar-refractivity contribution >= 4 is 52.9 Å². The molecule has 0 aliphatic heterocycles. The molecule has 5 nitrogen and oxygen atoms in total. The van der Waals surface area contributed by atoms with Crippen molar-refractivity contribution < 1.29 is 19.2 Å². The van der Waals surface area contributed by atoms with Gasteiger partial charge in [0.1, 0.15) is 18.1 Å². The van der Waals surface area contributed by atoms with Gasteiger partial charge in [-0.3, -0.25) is 0 Å². The zero-order valence-electron chi connectivity index (χ0n) is 23.6. The molecule has 1 aromatic heterocycles. The quantitative estimate of drug-likeness (QED) is 0.157. The standard InChI is InChI=1S/C37H24Cl3NO4/c38-31-10-5-11-32(39)34(31)35-30(36(45-41-35)27-16-14-25(15-17-27)24-7-2-1-3-8-24)22-44-29-19-18-26(33(40)21-29)13-12-23-6-4-9-28(20-23)37(42)43/h1-21H,22H2,(H,42,43)/b13-12+. The second-order valence-corrected chi connectivity index (χ2v) is 11.3.